The Kier molecular flexibility index (Phi) is 6.95. The molecule has 1 aliphatic rings. The Morgan fingerprint density at radius 2 is 1.93 bits per heavy atom. The van der Waals surface area contributed by atoms with Crippen molar-refractivity contribution in [3.63, 3.8) is 0 Å². The predicted molar refractivity (Wildman–Crippen MR) is 121 cm³/mol. The maximum absolute atomic E-state index is 13.1. The van der Waals surface area contributed by atoms with E-state index in [1.54, 1.807) is 11.8 Å². The van der Waals surface area contributed by atoms with Crippen LogP contribution < -0.4 is 11.1 Å². The standard InChI is InChI=1S/C24H29FN2O2S/c1-2-3-20(15-30-21-11-7-18(25)8-12-21)26-19-9-4-16(5-10-19)17-6-13-22-23(14-17)29-24(28)27-22/h6-8,11-14,16,19-20,26H,2-5,9-10,15H2,1H3,(H,27,28)/t16?,19?,20-/m0/s1. The van der Waals surface area contributed by atoms with Crippen molar-refractivity contribution in [2.75, 3.05) is 5.75 Å². The van der Waals surface area contributed by atoms with E-state index in [1.807, 2.05) is 24.3 Å². The zero-order valence-corrected chi connectivity index (χ0v) is 18.1. The van der Waals surface area contributed by atoms with E-state index in [0.717, 1.165) is 54.7 Å². The molecule has 3 aromatic rings. The molecule has 30 heavy (non-hydrogen) atoms. The number of aromatic nitrogens is 1. The van der Waals surface area contributed by atoms with Crippen molar-refractivity contribution in [1.82, 2.24) is 10.3 Å². The number of rotatable bonds is 8. The summed E-state index contributed by atoms with van der Waals surface area (Å²) in [6.07, 6.45) is 6.89. The smallest absolute Gasteiger partial charge is 0.408 e. The van der Waals surface area contributed by atoms with Gasteiger partial charge in [0.15, 0.2) is 5.58 Å². The minimum atomic E-state index is -0.393. The second kappa shape index (κ2) is 9.84. The Bertz CT molecular complexity index is 1010. The SMILES string of the molecule is CCC[C@@H](CSc1ccc(F)cc1)NC1CCC(c2ccc3[nH]c(=O)oc3c2)CC1. The van der Waals surface area contributed by atoms with Crippen molar-refractivity contribution in [1.29, 1.82) is 0 Å². The highest BCUT2D eigenvalue weighted by Crippen LogP contribution is 2.34. The van der Waals surface area contributed by atoms with Gasteiger partial charge >= 0.3 is 5.76 Å². The van der Waals surface area contributed by atoms with Crippen LogP contribution in [-0.2, 0) is 0 Å². The average molecular weight is 429 g/mol. The Morgan fingerprint density at radius 1 is 1.17 bits per heavy atom. The van der Waals surface area contributed by atoms with Crippen LogP contribution in [0.15, 0.2) is 56.6 Å². The summed E-state index contributed by atoms with van der Waals surface area (Å²) in [7, 11) is 0. The lowest BCUT2D eigenvalue weighted by atomic mass is 9.81. The average Bonchev–Trinajstić information content (AvgIpc) is 3.13. The van der Waals surface area contributed by atoms with Crippen LogP contribution in [0, 0.1) is 5.82 Å². The summed E-state index contributed by atoms with van der Waals surface area (Å²) in [6, 6.07) is 13.9. The van der Waals surface area contributed by atoms with Crippen LogP contribution in [0.4, 0.5) is 4.39 Å². The minimum Gasteiger partial charge on any atom is -0.408 e. The van der Waals surface area contributed by atoms with E-state index < -0.39 is 5.76 Å². The quantitative estimate of drug-likeness (QED) is 0.443. The van der Waals surface area contributed by atoms with Gasteiger partial charge in [-0.05, 0) is 80.0 Å². The second-order valence-corrected chi connectivity index (χ2v) is 9.33. The molecule has 1 aliphatic carbocycles. The molecule has 0 spiro atoms. The summed E-state index contributed by atoms with van der Waals surface area (Å²) in [5.74, 6) is 0.946. The van der Waals surface area contributed by atoms with Gasteiger partial charge in [-0.2, -0.15) is 0 Å². The molecule has 160 valence electrons. The van der Waals surface area contributed by atoms with Gasteiger partial charge in [-0.15, -0.1) is 11.8 Å². The number of nitrogens with one attached hydrogen (secondary N) is 2. The zero-order valence-electron chi connectivity index (χ0n) is 17.3. The molecule has 1 saturated carbocycles. The number of benzene rings is 2. The summed E-state index contributed by atoms with van der Waals surface area (Å²) in [5, 5.41) is 3.88. The molecule has 6 heteroatoms. The predicted octanol–water partition coefficient (Wildman–Crippen LogP) is 5.84. The summed E-state index contributed by atoms with van der Waals surface area (Å²) in [5.41, 5.74) is 2.68. The Morgan fingerprint density at radius 3 is 2.67 bits per heavy atom. The fraction of sp³-hybridized carbons (Fsp3) is 0.458. The lowest BCUT2D eigenvalue weighted by Crippen LogP contribution is -2.41. The molecule has 4 nitrogen and oxygen atoms in total. The number of aromatic amines is 1. The number of fused-ring (bicyclic) bond motifs is 1. The highest BCUT2D eigenvalue weighted by Gasteiger charge is 2.24. The second-order valence-electron chi connectivity index (χ2n) is 8.24. The van der Waals surface area contributed by atoms with Crippen LogP contribution in [-0.4, -0.2) is 22.8 Å². The fourth-order valence-electron chi connectivity index (χ4n) is 4.43. The van der Waals surface area contributed by atoms with E-state index in [2.05, 4.69) is 23.3 Å². The molecule has 0 radical (unpaired) electrons. The summed E-state index contributed by atoms with van der Waals surface area (Å²) in [6.45, 7) is 2.23. The van der Waals surface area contributed by atoms with Crippen LogP contribution in [0.1, 0.15) is 56.9 Å². The van der Waals surface area contributed by atoms with Crippen molar-refractivity contribution in [2.45, 2.75) is 68.3 Å². The van der Waals surface area contributed by atoms with Gasteiger partial charge in [0.05, 0.1) is 5.52 Å². The van der Waals surface area contributed by atoms with Gasteiger partial charge in [0.2, 0.25) is 0 Å². The molecular formula is C24H29FN2O2S. The first kappa shape index (κ1) is 21.2. The highest BCUT2D eigenvalue weighted by atomic mass is 32.2. The first-order valence-electron chi connectivity index (χ1n) is 10.9. The minimum absolute atomic E-state index is 0.183. The third-order valence-electron chi connectivity index (χ3n) is 6.02. The first-order chi connectivity index (χ1) is 14.6. The van der Waals surface area contributed by atoms with Crippen LogP contribution >= 0.6 is 11.8 Å². The maximum Gasteiger partial charge on any atom is 0.417 e. The fourth-order valence-corrected chi connectivity index (χ4v) is 5.42. The topological polar surface area (TPSA) is 58.0 Å². The van der Waals surface area contributed by atoms with Crippen molar-refractivity contribution in [2.24, 2.45) is 0 Å². The zero-order chi connectivity index (χ0) is 20.9. The molecule has 1 fully saturated rings. The number of hydrogen-bond acceptors (Lipinski definition) is 4. The molecule has 4 rings (SSSR count). The van der Waals surface area contributed by atoms with E-state index in [1.165, 1.54) is 17.7 Å². The first-order valence-corrected chi connectivity index (χ1v) is 11.9. The molecule has 1 atom stereocenters. The lowest BCUT2D eigenvalue weighted by Gasteiger charge is -2.32. The molecule has 0 aliphatic heterocycles. The number of halogens is 1. The summed E-state index contributed by atoms with van der Waals surface area (Å²) in [4.78, 5) is 15.2. The monoisotopic (exact) mass is 428 g/mol. The molecule has 0 saturated heterocycles. The van der Waals surface area contributed by atoms with Gasteiger partial charge in [0, 0.05) is 22.7 Å². The van der Waals surface area contributed by atoms with Gasteiger partial charge in [-0.1, -0.05) is 19.4 Å². The van der Waals surface area contributed by atoms with Gasteiger partial charge in [-0.25, -0.2) is 9.18 Å². The molecule has 0 bridgehead atoms. The van der Waals surface area contributed by atoms with Crippen molar-refractivity contribution >= 4 is 22.9 Å². The number of thioether (sulfide) groups is 1. The Hall–Kier alpha value is -2.05. The molecule has 1 aromatic heterocycles. The highest BCUT2D eigenvalue weighted by molar-refractivity contribution is 7.99. The molecular weight excluding hydrogens is 399 g/mol. The van der Waals surface area contributed by atoms with Crippen molar-refractivity contribution in [3.05, 3.63) is 64.4 Å². The van der Waals surface area contributed by atoms with Crippen LogP contribution in [0.5, 0.6) is 0 Å². The normalized spacial score (nSPS) is 20.5. The van der Waals surface area contributed by atoms with Crippen LogP contribution in [0.2, 0.25) is 0 Å². The van der Waals surface area contributed by atoms with E-state index in [4.69, 9.17) is 4.42 Å². The molecule has 0 unspecified atom stereocenters. The van der Waals surface area contributed by atoms with Gasteiger partial charge in [-0.3, -0.25) is 4.98 Å². The summed E-state index contributed by atoms with van der Waals surface area (Å²) < 4.78 is 18.3. The van der Waals surface area contributed by atoms with Crippen molar-refractivity contribution < 1.29 is 8.81 Å². The van der Waals surface area contributed by atoms with Crippen LogP contribution in [0.25, 0.3) is 11.1 Å². The maximum atomic E-state index is 13.1. The molecule has 2 aromatic carbocycles. The Labute approximate surface area is 180 Å². The molecule has 2 N–H and O–H groups in total. The van der Waals surface area contributed by atoms with E-state index in [0.29, 0.717) is 23.6 Å². The third-order valence-corrected chi connectivity index (χ3v) is 7.19. The molecule has 1 heterocycles. The number of oxazole rings is 1. The van der Waals surface area contributed by atoms with Gasteiger partial charge in [0.1, 0.15) is 5.82 Å². The van der Waals surface area contributed by atoms with Gasteiger partial charge < -0.3 is 9.73 Å². The Balaban J connectivity index is 1.30. The largest absolute Gasteiger partial charge is 0.417 e. The van der Waals surface area contributed by atoms with Crippen molar-refractivity contribution in [3.8, 4) is 0 Å². The van der Waals surface area contributed by atoms with E-state index in [-0.39, 0.29) is 5.82 Å². The number of hydrogen-bond donors (Lipinski definition) is 2. The third kappa shape index (κ3) is 5.35. The number of H-pyrrole nitrogens is 1. The summed E-state index contributed by atoms with van der Waals surface area (Å²) >= 11 is 1.80. The van der Waals surface area contributed by atoms with E-state index in [9.17, 15) is 9.18 Å². The van der Waals surface area contributed by atoms with Gasteiger partial charge in [0.25, 0.3) is 0 Å². The lowest BCUT2D eigenvalue weighted by molar-refractivity contribution is 0.315. The van der Waals surface area contributed by atoms with E-state index >= 15 is 0 Å². The van der Waals surface area contributed by atoms with Crippen LogP contribution in [0.3, 0.4) is 0 Å². The molecule has 0 amide bonds.